The third-order valence-corrected chi connectivity index (χ3v) is 3.83. The van der Waals surface area contributed by atoms with Gasteiger partial charge in [-0.15, -0.1) is 0 Å². The van der Waals surface area contributed by atoms with Crippen LogP contribution in [0.3, 0.4) is 0 Å². The number of rotatable bonds is 5. The van der Waals surface area contributed by atoms with Crippen LogP contribution in [0.1, 0.15) is 26.2 Å². The SMILES string of the molecule is CCNC1COCC1C(=O)NCC1CC=CCC1. The molecule has 3 unspecified atom stereocenters. The summed E-state index contributed by atoms with van der Waals surface area (Å²) in [5.74, 6) is 0.732. The molecule has 1 fully saturated rings. The van der Waals surface area contributed by atoms with Crippen molar-refractivity contribution in [1.29, 1.82) is 0 Å². The number of carbonyl (C=O) groups is 1. The van der Waals surface area contributed by atoms with Crippen molar-refractivity contribution in [1.82, 2.24) is 10.6 Å². The van der Waals surface area contributed by atoms with Gasteiger partial charge in [0.25, 0.3) is 0 Å². The molecule has 2 rings (SSSR count). The molecule has 0 bridgehead atoms. The number of allylic oxidation sites excluding steroid dienone is 2. The van der Waals surface area contributed by atoms with Gasteiger partial charge in [-0.25, -0.2) is 0 Å². The Labute approximate surface area is 109 Å². The van der Waals surface area contributed by atoms with Gasteiger partial charge in [0.1, 0.15) is 0 Å². The maximum Gasteiger partial charge on any atom is 0.227 e. The Bertz CT molecular complexity index is 304. The summed E-state index contributed by atoms with van der Waals surface area (Å²) in [4.78, 5) is 12.1. The zero-order valence-corrected chi connectivity index (χ0v) is 11.2. The van der Waals surface area contributed by atoms with Crippen molar-refractivity contribution in [3.63, 3.8) is 0 Å². The molecule has 4 heteroatoms. The highest BCUT2D eigenvalue weighted by Crippen LogP contribution is 2.18. The average Bonchev–Trinajstić information content (AvgIpc) is 2.86. The molecule has 1 saturated heterocycles. The van der Waals surface area contributed by atoms with Crippen LogP contribution in [0.15, 0.2) is 12.2 Å². The number of hydrogen-bond acceptors (Lipinski definition) is 3. The quantitative estimate of drug-likeness (QED) is 0.720. The first-order valence-electron chi connectivity index (χ1n) is 7.05. The average molecular weight is 252 g/mol. The van der Waals surface area contributed by atoms with Crippen molar-refractivity contribution in [3.05, 3.63) is 12.2 Å². The van der Waals surface area contributed by atoms with Crippen LogP contribution >= 0.6 is 0 Å². The summed E-state index contributed by atoms with van der Waals surface area (Å²) in [5.41, 5.74) is 0. The molecule has 0 saturated carbocycles. The maximum atomic E-state index is 12.1. The van der Waals surface area contributed by atoms with Crippen LogP contribution in [0, 0.1) is 11.8 Å². The van der Waals surface area contributed by atoms with Crippen molar-refractivity contribution >= 4 is 5.91 Å². The second kappa shape index (κ2) is 6.90. The zero-order chi connectivity index (χ0) is 12.8. The van der Waals surface area contributed by atoms with Crippen LogP contribution in [-0.2, 0) is 9.53 Å². The topological polar surface area (TPSA) is 50.4 Å². The number of ether oxygens (including phenoxy) is 1. The molecular weight excluding hydrogens is 228 g/mol. The molecule has 0 spiro atoms. The van der Waals surface area contributed by atoms with Crippen molar-refractivity contribution in [2.24, 2.45) is 11.8 Å². The molecule has 1 amide bonds. The number of amides is 1. The van der Waals surface area contributed by atoms with Crippen molar-refractivity contribution in [3.8, 4) is 0 Å². The van der Waals surface area contributed by atoms with Crippen LogP contribution in [0.25, 0.3) is 0 Å². The minimum atomic E-state index is -0.0240. The zero-order valence-electron chi connectivity index (χ0n) is 11.2. The largest absolute Gasteiger partial charge is 0.379 e. The van der Waals surface area contributed by atoms with Gasteiger partial charge in [-0.1, -0.05) is 19.1 Å². The monoisotopic (exact) mass is 252 g/mol. The lowest BCUT2D eigenvalue weighted by atomic mass is 9.94. The van der Waals surface area contributed by atoms with Crippen molar-refractivity contribution < 1.29 is 9.53 Å². The second-order valence-electron chi connectivity index (χ2n) is 5.20. The van der Waals surface area contributed by atoms with Gasteiger partial charge in [0, 0.05) is 12.6 Å². The first kappa shape index (κ1) is 13.6. The van der Waals surface area contributed by atoms with Gasteiger partial charge in [-0.3, -0.25) is 4.79 Å². The summed E-state index contributed by atoms with van der Waals surface area (Å²) >= 11 is 0. The fourth-order valence-electron chi connectivity index (χ4n) is 2.69. The van der Waals surface area contributed by atoms with E-state index in [1.807, 2.05) is 0 Å². The molecule has 4 nitrogen and oxygen atoms in total. The molecule has 1 aliphatic heterocycles. The van der Waals surface area contributed by atoms with Gasteiger partial charge in [0.15, 0.2) is 0 Å². The minimum Gasteiger partial charge on any atom is -0.379 e. The predicted molar refractivity (Wildman–Crippen MR) is 71.3 cm³/mol. The third kappa shape index (κ3) is 3.56. The first-order valence-corrected chi connectivity index (χ1v) is 7.05. The Hall–Kier alpha value is -0.870. The molecular formula is C14H24N2O2. The minimum absolute atomic E-state index is 0.0240. The van der Waals surface area contributed by atoms with E-state index in [0.717, 1.165) is 25.9 Å². The molecule has 3 atom stereocenters. The van der Waals surface area contributed by atoms with Crippen LogP contribution in [0.2, 0.25) is 0 Å². The molecule has 0 aromatic carbocycles. The number of likely N-dealkylation sites (N-methyl/N-ethyl adjacent to an activating group) is 1. The number of hydrogen-bond donors (Lipinski definition) is 2. The summed E-state index contributed by atoms with van der Waals surface area (Å²) in [5, 5.41) is 6.41. The van der Waals surface area contributed by atoms with E-state index in [2.05, 4.69) is 29.7 Å². The van der Waals surface area contributed by atoms with Crippen LogP contribution in [-0.4, -0.2) is 38.3 Å². The molecule has 102 valence electrons. The van der Waals surface area contributed by atoms with Gasteiger partial charge >= 0.3 is 0 Å². The lowest BCUT2D eigenvalue weighted by Crippen LogP contribution is -2.45. The van der Waals surface area contributed by atoms with E-state index < -0.39 is 0 Å². The van der Waals surface area contributed by atoms with Crippen LogP contribution < -0.4 is 10.6 Å². The van der Waals surface area contributed by atoms with Crippen LogP contribution in [0.5, 0.6) is 0 Å². The van der Waals surface area contributed by atoms with E-state index in [0.29, 0.717) is 19.1 Å². The highest BCUT2D eigenvalue weighted by atomic mass is 16.5. The molecule has 1 heterocycles. The van der Waals surface area contributed by atoms with E-state index in [4.69, 9.17) is 4.74 Å². The predicted octanol–water partition coefficient (Wildman–Crippen LogP) is 1.08. The molecule has 0 aromatic rings. The maximum absolute atomic E-state index is 12.1. The van der Waals surface area contributed by atoms with E-state index in [1.165, 1.54) is 6.42 Å². The summed E-state index contributed by atoms with van der Waals surface area (Å²) in [6.07, 6.45) is 7.88. The lowest BCUT2D eigenvalue weighted by molar-refractivity contribution is -0.125. The Kier molecular flexibility index (Phi) is 5.20. The van der Waals surface area contributed by atoms with Gasteiger partial charge in [-0.05, 0) is 31.7 Å². The smallest absolute Gasteiger partial charge is 0.227 e. The number of nitrogens with one attached hydrogen (secondary N) is 2. The Balaban J connectivity index is 1.74. The number of carbonyl (C=O) groups excluding carboxylic acids is 1. The fraction of sp³-hybridized carbons (Fsp3) is 0.786. The molecule has 2 N–H and O–H groups in total. The molecule has 1 aliphatic carbocycles. The third-order valence-electron chi connectivity index (χ3n) is 3.83. The van der Waals surface area contributed by atoms with Gasteiger partial charge in [0.05, 0.1) is 19.1 Å². The van der Waals surface area contributed by atoms with Crippen molar-refractivity contribution in [2.45, 2.75) is 32.2 Å². The summed E-state index contributed by atoms with van der Waals surface area (Å²) in [6.45, 7) is 4.94. The standard InChI is InChI=1S/C14H24N2O2/c1-2-15-13-10-18-9-12(13)14(17)16-8-11-6-4-3-5-7-11/h3-4,11-13,15H,2,5-10H2,1H3,(H,16,17). The van der Waals surface area contributed by atoms with E-state index >= 15 is 0 Å². The van der Waals surface area contributed by atoms with Crippen LogP contribution in [0.4, 0.5) is 0 Å². The first-order chi connectivity index (χ1) is 8.81. The molecule has 2 aliphatic rings. The molecule has 0 aromatic heterocycles. The summed E-state index contributed by atoms with van der Waals surface area (Å²) in [6, 6.07) is 0.182. The Morgan fingerprint density at radius 2 is 2.28 bits per heavy atom. The summed E-state index contributed by atoms with van der Waals surface area (Å²) in [7, 11) is 0. The van der Waals surface area contributed by atoms with Crippen molar-refractivity contribution in [2.75, 3.05) is 26.3 Å². The highest BCUT2D eigenvalue weighted by molar-refractivity contribution is 5.79. The highest BCUT2D eigenvalue weighted by Gasteiger charge is 2.33. The van der Waals surface area contributed by atoms with Gasteiger partial charge in [-0.2, -0.15) is 0 Å². The second-order valence-corrected chi connectivity index (χ2v) is 5.20. The fourth-order valence-corrected chi connectivity index (χ4v) is 2.69. The van der Waals surface area contributed by atoms with E-state index in [1.54, 1.807) is 0 Å². The van der Waals surface area contributed by atoms with E-state index in [-0.39, 0.29) is 17.9 Å². The van der Waals surface area contributed by atoms with E-state index in [9.17, 15) is 4.79 Å². The summed E-state index contributed by atoms with van der Waals surface area (Å²) < 4.78 is 5.40. The lowest BCUT2D eigenvalue weighted by Gasteiger charge is -2.21. The molecule has 18 heavy (non-hydrogen) atoms. The normalized spacial score (nSPS) is 31.5. The van der Waals surface area contributed by atoms with Gasteiger partial charge < -0.3 is 15.4 Å². The Morgan fingerprint density at radius 1 is 1.39 bits per heavy atom. The molecule has 0 radical (unpaired) electrons. The Morgan fingerprint density at radius 3 is 3.00 bits per heavy atom. The van der Waals surface area contributed by atoms with Gasteiger partial charge in [0.2, 0.25) is 5.91 Å².